The van der Waals surface area contributed by atoms with Crippen molar-refractivity contribution in [2.24, 2.45) is 0 Å². The largest absolute Gasteiger partial charge is 0.479 e. The maximum absolute atomic E-state index is 10.6. The lowest BCUT2D eigenvalue weighted by molar-refractivity contribution is -0.146. The number of carbonyl (C=O) groups is 1. The number of hydrogen-bond acceptors (Lipinski definition) is 4. The molecule has 0 fully saturated rings. The number of carboxylic acids is 1. The lowest BCUT2D eigenvalue weighted by atomic mass is 10.1. The standard InChI is InChI=1S/C10H9N3O3/c14-9(10(15)16)7-2-1-3-8(6-7)13-5-4-11-12-13/h1-6,9,14H,(H,15,16). The summed E-state index contributed by atoms with van der Waals surface area (Å²) in [7, 11) is 0. The van der Waals surface area contributed by atoms with Crippen LogP contribution in [0.4, 0.5) is 0 Å². The number of carboxylic acid groups (broad SMARTS) is 1. The molecule has 6 heteroatoms. The Morgan fingerprint density at radius 3 is 2.88 bits per heavy atom. The summed E-state index contributed by atoms with van der Waals surface area (Å²) in [6.07, 6.45) is 1.62. The highest BCUT2D eigenvalue weighted by molar-refractivity contribution is 5.74. The molecule has 0 aliphatic rings. The molecule has 0 radical (unpaired) electrons. The summed E-state index contributed by atoms with van der Waals surface area (Å²) in [6.45, 7) is 0. The Morgan fingerprint density at radius 1 is 1.44 bits per heavy atom. The average Bonchev–Trinajstić information content (AvgIpc) is 2.81. The van der Waals surface area contributed by atoms with Gasteiger partial charge in [0.1, 0.15) is 0 Å². The van der Waals surface area contributed by atoms with E-state index in [-0.39, 0.29) is 0 Å². The Labute approximate surface area is 90.8 Å². The summed E-state index contributed by atoms with van der Waals surface area (Å²) in [5.41, 5.74) is 0.954. The van der Waals surface area contributed by atoms with Crippen LogP contribution >= 0.6 is 0 Å². The van der Waals surface area contributed by atoms with Crippen molar-refractivity contribution in [1.29, 1.82) is 0 Å². The third-order valence-corrected chi connectivity index (χ3v) is 2.11. The van der Waals surface area contributed by atoms with Crippen LogP contribution in [0.1, 0.15) is 11.7 Å². The van der Waals surface area contributed by atoms with E-state index in [1.807, 2.05) is 0 Å². The number of rotatable bonds is 3. The first-order chi connectivity index (χ1) is 7.68. The third kappa shape index (κ3) is 1.91. The van der Waals surface area contributed by atoms with Gasteiger partial charge in [-0.1, -0.05) is 17.3 Å². The van der Waals surface area contributed by atoms with Crippen LogP contribution in [0.15, 0.2) is 36.7 Å². The van der Waals surface area contributed by atoms with Crippen molar-refractivity contribution in [2.45, 2.75) is 6.10 Å². The molecule has 0 saturated carbocycles. The van der Waals surface area contributed by atoms with E-state index in [4.69, 9.17) is 5.11 Å². The molecule has 82 valence electrons. The lowest BCUT2D eigenvalue weighted by Gasteiger charge is -2.07. The number of benzene rings is 1. The van der Waals surface area contributed by atoms with E-state index < -0.39 is 12.1 Å². The molecule has 6 nitrogen and oxygen atoms in total. The molecule has 1 atom stereocenters. The summed E-state index contributed by atoms with van der Waals surface area (Å²) < 4.78 is 1.48. The van der Waals surface area contributed by atoms with Crippen molar-refractivity contribution < 1.29 is 15.0 Å². The molecule has 2 N–H and O–H groups in total. The summed E-state index contributed by atoms with van der Waals surface area (Å²) in [6, 6.07) is 6.48. The van der Waals surface area contributed by atoms with E-state index >= 15 is 0 Å². The Balaban J connectivity index is 2.37. The molecular formula is C10H9N3O3. The molecular weight excluding hydrogens is 210 g/mol. The van der Waals surface area contributed by atoms with Gasteiger partial charge in [0.2, 0.25) is 0 Å². The topological polar surface area (TPSA) is 88.2 Å². The van der Waals surface area contributed by atoms with Crippen LogP contribution in [0.2, 0.25) is 0 Å². The number of hydrogen-bond donors (Lipinski definition) is 2. The maximum Gasteiger partial charge on any atom is 0.337 e. The highest BCUT2D eigenvalue weighted by Crippen LogP contribution is 2.16. The fourth-order valence-electron chi connectivity index (χ4n) is 1.33. The number of aliphatic hydroxyl groups is 1. The molecule has 16 heavy (non-hydrogen) atoms. The van der Waals surface area contributed by atoms with Crippen molar-refractivity contribution in [3.05, 3.63) is 42.2 Å². The quantitative estimate of drug-likeness (QED) is 0.779. The fourth-order valence-corrected chi connectivity index (χ4v) is 1.33. The van der Waals surface area contributed by atoms with Gasteiger partial charge in [-0.2, -0.15) is 0 Å². The van der Waals surface area contributed by atoms with Crippen molar-refractivity contribution in [2.75, 3.05) is 0 Å². The molecule has 1 aromatic carbocycles. The summed E-state index contributed by atoms with van der Waals surface area (Å²) in [5, 5.41) is 25.5. The maximum atomic E-state index is 10.6. The number of aliphatic hydroxyl groups excluding tert-OH is 1. The van der Waals surface area contributed by atoms with Crippen LogP contribution in [0.3, 0.4) is 0 Å². The van der Waals surface area contributed by atoms with E-state index in [9.17, 15) is 9.90 Å². The molecule has 0 aliphatic heterocycles. The Kier molecular flexibility index (Phi) is 2.65. The van der Waals surface area contributed by atoms with Crippen LogP contribution in [0.25, 0.3) is 5.69 Å². The van der Waals surface area contributed by atoms with Crippen LogP contribution in [-0.2, 0) is 4.79 Å². The molecule has 1 unspecified atom stereocenters. The molecule has 0 amide bonds. The Bertz CT molecular complexity index is 496. The molecule has 0 saturated heterocycles. The van der Waals surface area contributed by atoms with Crippen LogP contribution in [0, 0.1) is 0 Å². The zero-order chi connectivity index (χ0) is 11.5. The SMILES string of the molecule is O=C(O)C(O)c1cccc(-n2ccnn2)c1. The van der Waals surface area contributed by atoms with Gasteiger partial charge in [0.25, 0.3) is 0 Å². The van der Waals surface area contributed by atoms with Gasteiger partial charge in [-0.3, -0.25) is 0 Å². The summed E-state index contributed by atoms with van der Waals surface area (Å²) >= 11 is 0. The van der Waals surface area contributed by atoms with E-state index in [1.54, 1.807) is 30.5 Å². The number of aliphatic carboxylic acids is 1. The van der Waals surface area contributed by atoms with Gasteiger partial charge in [-0.15, -0.1) is 5.10 Å². The van der Waals surface area contributed by atoms with E-state index in [2.05, 4.69) is 10.3 Å². The third-order valence-electron chi connectivity index (χ3n) is 2.11. The highest BCUT2D eigenvalue weighted by Gasteiger charge is 2.16. The lowest BCUT2D eigenvalue weighted by Crippen LogP contribution is -2.10. The van der Waals surface area contributed by atoms with E-state index in [0.29, 0.717) is 11.3 Å². The van der Waals surface area contributed by atoms with Gasteiger partial charge < -0.3 is 10.2 Å². The second-order valence-electron chi connectivity index (χ2n) is 3.18. The molecule has 1 aromatic heterocycles. The van der Waals surface area contributed by atoms with E-state index in [0.717, 1.165) is 0 Å². The normalized spacial score (nSPS) is 12.3. The molecule has 1 heterocycles. The van der Waals surface area contributed by atoms with Crippen LogP contribution in [-0.4, -0.2) is 31.2 Å². The smallest absolute Gasteiger partial charge is 0.337 e. The van der Waals surface area contributed by atoms with Crippen molar-refractivity contribution >= 4 is 5.97 Å². The monoisotopic (exact) mass is 219 g/mol. The van der Waals surface area contributed by atoms with Gasteiger partial charge >= 0.3 is 5.97 Å². The van der Waals surface area contributed by atoms with Crippen molar-refractivity contribution in [3.8, 4) is 5.69 Å². The van der Waals surface area contributed by atoms with Crippen LogP contribution in [0.5, 0.6) is 0 Å². The summed E-state index contributed by atoms with van der Waals surface area (Å²) in [5.74, 6) is -1.28. The molecule has 0 spiro atoms. The number of nitrogens with zero attached hydrogens (tertiary/aromatic N) is 3. The first-order valence-corrected chi connectivity index (χ1v) is 4.56. The van der Waals surface area contributed by atoms with Gasteiger partial charge in [-0.05, 0) is 17.7 Å². The Hall–Kier alpha value is -2.21. The van der Waals surface area contributed by atoms with Gasteiger partial charge in [-0.25, -0.2) is 9.48 Å². The number of aromatic nitrogens is 3. The Morgan fingerprint density at radius 2 is 2.25 bits per heavy atom. The van der Waals surface area contributed by atoms with Crippen LogP contribution < -0.4 is 0 Å². The minimum atomic E-state index is -1.52. The molecule has 2 rings (SSSR count). The second kappa shape index (κ2) is 4.11. The van der Waals surface area contributed by atoms with Gasteiger partial charge in [0.15, 0.2) is 6.10 Å². The predicted molar refractivity (Wildman–Crippen MR) is 54.0 cm³/mol. The van der Waals surface area contributed by atoms with E-state index in [1.165, 1.54) is 10.9 Å². The van der Waals surface area contributed by atoms with Gasteiger partial charge in [0.05, 0.1) is 18.1 Å². The average molecular weight is 219 g/mol. The molecule has 0 aliphatic carbocycles. The summed E-state index contributed by atoms with van der Waals surface area (Å²) in [4.78, 5) is 10.6. The molecule has 0 bridgehead atoms. The van der Waals surface area contributed by atoms with Crippen molar-refractivity contribution in [3.63, 3.8) is 0 Å². The molecule has 2 aromatic rings. The fraction of sp³-hybridized carbons (Fsp3) is 0.100. The minimum absolute atomic E-state index is 0.306. The first kappa shape index (κ1) is 10.3. The predicted octanol–water partition coefficient (Wildman–Crippen LogP) is 0.385. The zero-order valence-corrected chi connectivity index (χ0v) is 8.19. The second-order valence-corrected chi connectivity index (χ2v) is 3.18. The highest BCUT2D eigenvalue weighted by atomic mass is 16.4. The first-order valence-electron chi connectivity index (χ1n) is 4.56. The van der Waals surface area contributed by atoms with Gasteiger partial charge in [0, 0.05) is 0 Å². The zero-order valence-electron chi connectivity index (χ0n) is 8.19. The van der Waals surface area contributed by atoms with Crippen molar-refractivity contribution in [1.82, 2.24) is 15.0 Å². The minimum Gasteiger partial charge on any atom is -0.479 e.